The first-order valence-corrected chi connectivity index (χ1v) is 19.4. The first-order chi connectivity index (χ1) is 26.8. The van der Waals surface area contributed by atoms with Gasteiger partial charge in [-0.25, -0.2) is 5.48 Å². The fourth-order valence-corrected chi connectivity index (χ4v) is 7.23. The van der Waals surface area contributed by atoms with Gasteiger partial charge in [0.2, 0.25) is 11.8 Å². The van der Waals surface area contributed by atoms with E-state index in [1.54, 1.807) is 5.48 Å². The molecule has 1 aliphatic rings. The molecule has 0 aliphatic carbocycles. The average Bonchev–Trinajstić information content (AvgIpc) is 3.23. The molecule has 0 saturated carbocycles. The minimum atomic E-state index is -0.583. The Hall–Kier alpha value is -4.90. The number of likely N-dealkylation sites (N-methyl/N-ethyl adjacent to an activating group) is 1. The summed E-state index contributed by atoms with van der Waals surface area (Å²) < 4.78 is 13.5. The van der Waals surface area contributed by atoms with Gasteiger partial charge >= 0.3 is 0 Å². The molecular formula is C46H53N3O6. The average molecular weight is 744 g/mol. The molecule has 1 saturated heterocycles. The van der Waals surface area contributed by atoms with E-state index in [0.29, 0.717) is 25.8 Å². The number of fused-ring (bicyclic) bond motifs is 1. The SMILES string of the molecule is C[C@H](c1ccc2ccccc2c1)N(C)C[C@H]1C[C@@H](c2ccc(CO)cc2)O[C@@H](c2cccc(-c3cccc(CNC(=O)CCCCCCC(=O)NO)c3)c2)O1. The van der Waals surface area contributed by atoms with Gasteiger partial charge in [-0.1, -0.05) is 110 Å². The van der Waals surface area contributed by atoms with Crippen molar-refractivity contribution < 1.29 is 29.4 Å². The van der Waals surface area contributed by atoms with Crippen molar-refractivity contribution in [3.8, 4) is 11.1 Å². The van der Waals surface area contributed by atoms with E-state index in [0.717, 1.165) is 59.2 Å². The van der Waals surface area contributed by atoms with E-state index < -0.39 is 6.29 Å². The van der Waals surface area contributed by atoms with Gasteiger partial charge in [0, 0.05) is 44.0 Å². The third-order valence-electron chi connectivity index (χ3n) is 10.6. The maximum absolute atomic E-state index is 12.5. The normalized spacial score (nSPS) is 17.6. The van der Waals surface area contributed by atoms with Gasteiger partial charge in [0.15, 0.2) is 6.29 Å². The van der Waals surface area contributed by atoms with Crippen LogP contribution in [0.3, 0.4) is 0 Å². The zero-order chi connectivity index (χ0) is 38.6. The minimum absolute atomic E-state index is 0.000455. The molecule has 9 nitrogen and oxygen atoms in total. The van der Waals surface area contributed by atoms with E-state index in [4.69, 9.17) is 14.7 Å². The lowest BCUT2D eigenvalue weighted by Gasteiger charge is -2.39. The van der Waals surface area contributed by atoms with Crippen LogP contribution in [0.1, 0.15) is 98.1 Å². The lowest BCUT2D eigenvalue weighted by Crippen LogP contribution is -2.38. The van der Waals surface area contributed by atoms with E-state index in [1.807, 2.05) is 42.5 Å². The third kappa shape index (κ3) is 11.1. The molecule has 4 atom stereocenters. The summed E-state index contributed by atoms with van der Waals surface area (Å²) in [7, 11) is 2.15. The minimum Gasteiger partial charge on any atom is -0.392 e. The smallest absolute Gasteiger partial charge is 0.243 e. The van der Waals surface area contributed by atoms with Crippen molar-refractivity contribution in [2.24, 2.45) is 0 Å². The number of carbonyl (C=O) groups excluding carboxylic acids is 2. The molecule has 4 N–H and O–H groups in total. The first-order valence-electron chi connectivity index (χ1n) is 19.4. The van der Waals surface area contributed by atoms with Gasteiger partial charge in [0.25, 0.3) is 0 Å². The predicted molar refractivity (Wildman–Crippen MR) is 215 cm³/mol. The summed E-state index contributed by atoms with van der Waals surface area (Å²) in [6, 6.07) is 39.8. The Labute approximate surface area is 324 Å². The molecule has 5 aromatic carbocycles. The van der Waals surface area contributed by atoms with Gasteiger partial charge < -0.3 is 19.9 Å². The summed E-state index contributed by atoms with van der Waals surface area (Å²) >= 11 is 0. The van der Waals surface area contributed by atoms with Crippen LogP contribution in [0, 0.1) is 0 Å². The number of nitrogens with zero attached hydrogens (tertiary/aromatic N) is 1. The largest absolute Gasteiger partial charge is 0.392 e. The number of carbonyl (C=O) groups is 2. The van der Waals surface area contributed by atoms with Crippen LogP contribution in [0.2, 0.25) is 0 Å². The quantitative estimate of drug-likeness (QED) is 0.0427. The Morgan fingerprint density at radius 3 is 2.20 bits per heavy atom. The van der Waals surface area contributed by atoms with Gasteiger partial charge in [-0.3, -0.25) is 19.7 Å². The summed E-state index contributed by atoms with van der Waals surface area (Å²) in [5.41, 5.74) is 8.82. The number of hydroxylamine groups is 1. The molecule has 6 rings (SSSR count). The van der Waals surface area contributed by atoms with Crippen LogP contribution >= 0.6 is 0 Å². The van der Waals surface area contributed by atoms with Crippen molar-refractivity contribution in [2.75, 3.05) is 13.6 Å². The maximum Gasteiger partial charge on any atom is 0.243 e. The predicted octanol–water partition coefficient (Wildman–Crippen LogP) is 8.70. The number of aliphatic hydroxyl groups excluding tert-OH is 1. The second-order valence-corrected chi connectivity index (χ2v) is 14.6. The van der Waals surface area contributed by atoms with Crippen LogP contribution in [0.15, 0.2) is 115 Å². The van der Waals surface area contributed by atoms with Gasteiger partial charge in [0.1, 0.15) is 0 Å². The van der Waals surface area contributed by atoms with Crippen molar-refractivity contribution in [1.82, 2.24) is 15.7 Å². The number of hydrogen-bond acceptors (Lipinski definition) is 7. The number of unbranched alkanes of at least 4 members (excludes halogenated alkanes) is 3. The van der Waals surface area contributed by atoms with Crippen molar-refractivity contribution in [2.45, 2.75) is 89.6 Å². The Morgan fingerprint density at radius 1 is 0.745 bits per heavy atom. The standard InChI is InChI=1S/C46H53N3O6/c1-32(37-24-23-35-12-7-8-13-39(35)26-37)49(2)30-42-28-43(36-21-19-33(31-50)20-22-36)55-46(54-42)41-16-10-15-40(27-41)38-14-9-11-34(25-38)29-47-44(51)17-5-3-4-6-18-45(52)48-53/h7-16,19-27,32,42-43,46,50,53H,3-6,17-18,28-31H2,1-2H3,(H,47,51)(H,48,52)/t32-,42-,43+,46+/m1/s1. The maximum atomic E-state index is 12.5. The van der Waals surface area contributed by atoms with Crippen molar-refractivity contribution in [1.29, 1.82) is 0 Å². The van der Waals surface area contributed by atoms with E-state index >= 15 is 0 Å². The Morgan fingerprint density at radius 2 is 1.45 bits per heavy atom. The zero-order valence-electron chi connectivity index (χ0n) is 31.8. The zero-order valence-corrected chi connectivity index (χ0v) is 31.8. The fraction of sp³-hybridized carbons (Fsp3) is 0.348. The third-order valence-corrected chi connectivity index (χ3v) is 10.6. The monoisotopic (exact) mass is 743 g/mol. The molecule has 2 amide bonds. The number of ether oxygens (including phenoxy) is 2. The van der Waals surface area contributed by atoms with E-state index in [-0.39, 0.29) is 43.1 Å². The summed E-state index contributed by atoms with van der Waals surface area (Å²) in [4.78, 5) is 26.0. The highest BCUT2D eigenvalue weighted by Crippen LogP contribution is 2.39. The van der Waals surface area contributed by atoms with E-state index in [1.165, 1.54) is 16.3 Å². The number of amides is 2. The molecule has 55 heavy (non-hydrogen) atoms. The summed E-state index contributed by atoms with van der Waals surface area (Å²) in [6.07, 6.45) is 3.66. The molecule has 0 bridgehead atoms. The molecule has 5 aromatic rings. The lowest BCUT2D eigenvalue weighted by molar-refractivity contribution is -0.253. The fourth-order valence-electron chi connectivity index (χ4n) is 7.23. The van der Waals surface area contributed by atoms with Crippen LogP contribution in [-0.4, -0.2) is 46.7 Å². The van der Waals surface area contributed by atoms with Crippen molar-refractivity contribution >= 4 is 22.6 Å². The Kier molecular flexibility index (Phi) is 14.2. The molecule has 288 valence electrons. The summed E-state index contributed by atoms with van der Waals surface area (Å²) in [5, 5.41) is 23.7. The number of benzene rings is 5. The molecule has 0 aromatic heterocycles. The van der Waals surface area contributed by atoms with Crippen LogP contribution < -0.4 is 10.8 Å². The topological polar surface area (TPSA) is 120 Å². The lowest BCUT2D eigenvalue weighted by atomic mass is 9.97. The van der Waals surface area contributed by atoms with Crippen LogP contribution in [0.4, 0.5) is 0 Å². The summed E-state index contributed by atoms with van der Waals surface area (Å²) in [5.74, 6) is -0.382. The highest BCUT2D eigenvalue weighted by Gasteiger charge is 2.33. The van der Waals surface area contributed by atoms with Crippen LogP contribution in [0.5, 0.6) is 0 Å². The summed E-state index contributed by atoms with van der Waals surface area (Å²) in [6.45, 7) is 3.38. The molecule has 0 radical (unpaired) electrons. The number of rotatable bonds is 17. The first kappa shape index (κ1) is 39.8. The number of nitrogens with one attached hydrogen (secondary N) is 2. The van der Waals surface area contributed by atoms with Crippen molar-refractivity contribution in [3.63, 3.8) is 0 Å². The molecule has 1 heterocycles. The second-order valence-electron chi connectivity index (χ2n) is 14.6. The van der Waals surface area contributed by atoms with Crippen LogP contribution in [-0.2, 0) is 32.2 Å². The molecular weight excluding hydrogens is 691 g/mol. The van der Waals surface area contributed by atoms with Crippen LogP contribution in [0.25, 0.3) is 21.9 Å². The molecule has 0 spiro atoms. The van der Waals surface area contributed by atoms with Gasteiger partial charge in [-0.15, -0.1) is 0 Å². The van der Waals surface area contributed by atoms with Crippen molar-refractivity contribution in [3.05, 3.63) is 143 Å². The van der Waals surface area contributed by atoms with Gasteiger partial charge in [0.05, 0.1) is 18.8 Å². The second kappa shape index (κ2) is 19.6. The Balaban J connectivity index is 1.12. The molecule has 0 unspecified atom stereocenters. The van der Waals surface area contributed by atoms with E-state index in [2.05, 4.69) is 97.0 Å². The van der Waals surface area contributed by atoms with Gasteiger partial charge in [-0.05, 0) is 89.2 Å². The van der Waals surface area contributed by atoms with E-state index in [9.17, 15) is 14.7 Å². The molecule has 9 heteroatoms. The van der Waals surface area contributed by atoms with Gasteiger partial charge in [-0.2, -0.15) is 0 Å². The number of hydrogen-bond donors (Lipinski definition) is 4. The molecule has 1 aliphatic heterocycles. The number of aliphatic hydroxyl groups is 1. The molecule has 1 fully saturated rings. The highest BCUT2D eigenvalue weighted by molar-refractivity contribution is 5.83. The highest BCUT2D eigenvalue weighted by atomic mass is 16.7. The Bertz CT molecular complexity index is 2020.